The highest BCUT2D eigenvalue weighted by Crippen LogP contribution is 2.43. The normalized spacial score (nSPS) is 16.1. The Labute approximate surface area is 183 Å². The van der Waals surface area contributed by atoms with Crippen LogP contribution in [-0.4, -0.2) is 28.8 Å². The Morgan fingerprint density at radius 2 is 1.97 bits per heavy atom. The van der Waals surface area contributed by atoms with Crippen LogP contribution in [-0.2, 0) is 16.1 Å². The molecule has 1 aliphatic rings. The summed E-state index contributed by atoms with van der Waals surface area (Å²) >= 11 is 13.4. The smallest absolute Gasteiger partial charge is 0.305 e. The van der Waals surface area contributed by atoms with Crippen molar-refractivity contribution in [3.8, 4) is 5.75 Å². The number of carbonyl (C=O) groups excluding carboxylic acids is 1. The number of anilines is 1. The lowest BCUT2D eigenvalue weighted by Gasteiger charge is -2.33. The third-order valence-corrected chi connectivity index (χ3v) is 6.29. The highest BCUT2D eigenvalue weighted by atomic mass is 35.5. The van der Waals surface area contributed by atoms with Gasteiger partial charge in [0.25, 0.3) is 0 Å². The van der Waals surface area contributed by atoms with Gasteiger partial charge in [0.05, 0.1) is 40.6 Å². The van der Waals surface area contributed by atoms with Crippen LogP contribution in [0.25, 0.3) is 0 Å². The minimum absolute atomic E-state index is 0.244. The summed E-state index contributed by atoms with van der Waals surface area (Å²) < 4.78 is 5.81. The molecular weight excluding hydrogens is 433 g/mol. The predicted octanol–water partition coefficient (Wildman–Crippen LogP) is 5.51. The van der Waals surface area contributed by atoms with E-state index in [0.29, 0.717) is 34.0 Å². The van der Waals surface area contributed by atoms with E-state index in [4.69, 9.17) is 27.9 Å². The first-order chi connectivity index (χ1) is 13.7. The average molecular weight is 454 g/mol. The number of fused-ring (bicyclic) bond motifs is 1. The number of thioether (sulfide) groups is 1. The number of rotatable bonds is 7. The van der Waals surface area contributed by atoms with Gasteiger partial charge in [-0.2, -0.15) is 0 Å². The van der Waals surface area contributed by atoms with Gasteiger partial charge in [-0.25, -0.2) is 0 Å². The molecule has 2 aromatic rings. The van der Waals surface area contributed by atoms with Crippen LogP contribution in [0, 0.1) is 5.92 Å². The van der Waals surface area contributed by atoms with Crippen LogP contribution in [0.2, 0.25) is 10.0 Å². The Morgan fingerprint density at radius 1 is 1.21 bits per heavy atom. The zero-order chi connectivity index (χ0) is 21.1. The molecule has 2 aromatic carbocycles. The van der Waals surface area contributed by atoms with Gasteiger partial charge in [0.2, 0.25) is 5.91 Å². The predicted molar refractivity (Wildman–Crippen MR) is 116 cm³/mol. The third-order valence-electron chi connectivity index (χ3n) is 4.30. The van der Waals surface area contributed by atoms with Crippen molar-refractivity contribution in [3.05, 3.63) is 52.0 Å². The monoisotopic (exact) mass is 453 g/mol. The maximum absolute atomic E-state index is 13.1. The number of carboxylic acids is 1. The average Bonchev–Trinajstić information content (AvgIpc) is 2.66. The van der Waals surface area contributed by atoms with Crippen molar-refractivity contribution in [1.29, 1.82) is 0 Å². The van der Waals surface area contributed by atoms with Gasteiger partial charge in [0.1, 0.15) is 5.75 Å². The summed E-state index contributed by atoms with van der Waals surface area (Å²) in [5.74, 6) is -0.223. The fraction of sp³-hybridized carbons (Fsp3) is 0.333. The lowest BCUT2D eigenvalue weighted by atomic mass is 10.1. The molecule has 1 aliphatic heterocycles. The number of nitrogens with zero attached hydrogens (tertiary/aromatic N) is 1. The molecule has 0 aromatic heterocycles. The zero-order valence-corrected chi connectivity index (χ0v) is 18.4. The SMILES string of the molecule is CC(C)COc1ccc2c(c1)N(Cc1ccc(Cl)c(Cl)c1)C(=O)C(CC(=O)O)S2. The molecule has 1 amide bonds. The number of hydrogen-bond donors (Lipinski definition) is 1. The van der Waals surface area contributed by atoms with Crippen molar-refractivity contribution in [1.82, 2.24) is 0 Å². The van der Waals surface area contributed by atoms with Gasteiger partial charge in [-0.3, -0.25) is 9.59 Å². The number of amides is 1. The van der Waals surface area contributed by atoms with Crippen LogP contribution in [0.4, 0.5) is 5.69 Å². The van der Waals surface area contributed by atoms with E-state index < -0.39 is 11.2 Å². The van der Waals surface area contributed by atoms with Gasteiger partial charge in [-0.05, 0) is 35.7 Å². The van der Waals surface area contributed by atoms with Gasteiger partial charge < -0.3 is 14.7 Å². The Morgan fingerprint density at radius 3 is 2.62 bits per heavy atom. The summed E-state index contributed by atoms with van der Waals surface area (Å²) in [6, 6.07) is 10.7. The lowest BCUT2D eigenvalue weighted by Crippen LogP contribution is -2.41. The number of carboxylic acid groups (broad SMARTS) is 1. The van der Waals surface area contributed by atoms with Crippen molar-refractivity contribution < 1.29 is 19.4 Å². The number of aliphatic carboxylic acids is 1. The maximum Gasteiger partial charge on any atom is 0.305 e. The lowest BCUT2D eigenvalue weighted by molar-refractivity contribution is -0.138. The third kappa shape index (κ3) is 5.38. The zero-order valence-electron chi connectivity index (χ0n) is 16.0. The molecule has 0 spiro atoms. The van der Waals surface area contributed by atoms with Gasteiger partial charge in [0, 0.05) is 11.0 Å². The first-order valence-corrected chi connectivity index (χ1v) is 10.8. The van der Waals surface area contributed by atoms with Crippen LogP contribution < -0.4 is 9.64 Å². The van der Waals surface area contributed by atoms with Crippen LogP contribution in [0.1, 0.15) is 25.8 Å². The molecule has 154 valence electrons. The molecule has 1 atom stereocenters. The van der Waals surface area contributed by atoms with E-state index >= 15 is 0 Å². The summed E-state index contributed by atoms with van der Waals surface area (Å²) in [4.78, 5) is 26.8. The number of ether oxygens (including phenoxy) is 1. The number of benzene rings is 2. The first kappa shape index (κ1) is 21.8. The largest absolute Gasteiger partial charge is 0.493 e. The standard InChI is InChI=1S/C21H21Cl2NO4S/c1-12(2)11-28-14-4-6-18-17(8-14)24(21(27)19(29-18)9-20(25)26)10-13-3-5-15(22)16(23)7-13/h3-8,12,19H,9-11H2,1-2H3,(H,25,26). The number of carbonyl (C=O) groups is 2. The van der Waals surface area contributed by atoms with Gasteiger partial charge >= 0.3 is 5.97 Å². The fourth-order valence-electron chi connectivity index (χ4n) is 2.93. The van der Waals surface area contributed by atoms with Crippen molar-refractivity contribution in [2.45, 2.75) is 37.0 Å². The minimum atomic E-state index is -1.01. The molecule has 5 nitrogen and oxygen atoms in total. The Kier molecular flexibility index (Phi) is 6.98. The highest BCUT2D eigenvalue weighted by Gasteiger charge is 2.35. The summed E-state index contributed by atoms with van der Waals surface area (Å²) in [6.07, 6.45) is -0.244. The van der Waals surface area contributed by atoms with E-state index in [1.165, 1.54) is 11.8 Å². The molecule has 0 radical (unpaired) electrons. The van der Waals surface area contributed by atoms with E-state index in [9.17, 15) is 14.7 Å². The molecule has 1 unspecified atom stereocenters. The first-order valence-electron chi connectivity index (χ1n) is 9.15. The molecule has 8 heteroatoms. The van der Waals surface area contributed by atoms with Crippen molar-refractivity contribution in [2.75, 3.05) is 11.5 Å². The van der Waals surface area contributed by atoms with Gasteiger partial charge in [0.15, 0.2) is 0 Å². The Balaban J connectivity index is 1.96. The molecule has 0 fully saturated rings. The second-order valence-electron chi connectivity index (χ2n) is 7.21. The quantitative estimate of drug-likeness (QED) is 0.598. The summed E-state index contributed by atoms with van der Waals surface area (Å²) in [7, 11) is 0. The highest BCUT2D eigenvalue weighted by molar-refractivity contribution is 8.01. The van der Waals surface area contributed by atoms with E-state index in [1.807, 2.05) is 18.2 Å². The van der Waals surface area contributed by atoms with Gasteiger partial charge in [-0.1, -0.05) is 43.1 Å². The van der Waals surface area contributed by atoms with E-state index in [2.05, 4.69) is 13.8 Å². The molecule has 1 heterocycles. The summed E-state index contributed by atoms with van der Waals surface area (Å²) in [5.41, 5.74) is 1.50. The molecule has 0 aliphatic carbocycles. The second-order valence-corrected chi connectivity index (χ2v) is 9.27. The molecular formula is C21H21Cl2NO4S. The van der Waals surface area contributed by atoms with Crippen LogP contribution in [0.3, 0.4) is 0 Å². The minimum Gasteiger partial charge on any atom is -0.493 e. The fourth-order valence-corrected chi connectivity index (χ4v) is 4.45. The van der Waals surface area contributed by atoms with E-state index in [0.717, 1.165) is 10.5 Å². The molecule has 1 N–H and O–H groups in total. The molecule has 0 saturated heterocycles. The van der Waals surface area contributed by atoms with Gasteiger partial charge in [-0.15, -0.1) is 11.8 Å². The van der Waals surface area contributed by atoms with Crippen molar-refractivity contribution in [3.63, 3.8) is 0 Å². The molecule has 3 rings (SSSR count). The van der Waals surface area contributed by atoms with Crippen molar-refractivity contribution >= 4 is 52.5 Å². The molecule has 0 bridgehead atoms. The van der Waals surface area contributed by atoms with Crippen LogP contribution in [0.15, 0.2) is 41.3 Å². The van der Waals surface area contributed by atoms with Crippen LogP contribution in [0.5, 0.6) is 5.75 Å². The molecule has 0 saturated carbocycles. The van der Waals surface area contributed by atoms with Crippen LogP contribution >= 0.6 is 35.0 Å². The second kappa shape index (κ2) is 9.28. The van der Waals surface area contributed by atoms with Crippen molar-refractivity contribution in [2.24, 2.45) is 5.92 Å². The van der Waals surface area contributed by atoms with E-state index in [-0.39, 0.29) is 18.9 Å². The number of hydrogen-bond acceptors (Lipinski definition) is 4. The summed E-state index contributed by atoms with van der Waals surface area (Å²) in [6.45, 7) is 4.94. The Bertz CT molecular complexity index is 935. The van der Waals surface area contributed by atoms with E-state index in [1.54, 1.807) is 23.1 Å². The molecule has 29 heavy (non-hydrogen) atoms. The Hall–Kier alpha value is -1.89. The maximum atomic E-state index is 13.1. The number of halogens is 2. The summed E-state index contributed by atoms with van der Waals surface area (Å²) in [5, 5.41) is 9.35. The topological polar surface area (TPSA) is 66.8 Å².